The van der Waals surface area contributed by atoms with Gasteiger partial charge in [-0.2, -0.15) is 0 Å². The molecule has 2 N–H and O–H groups in total. The summed E-state index contributed by atoms with van der Waals surface area (Å²) in [5.41, 5.74) is 6.34. The number of hydrogen-bond donors (Lipinski definition) is 1. The molecule has 3 rings (SSSR count). The van der Waals surface area contributed by atoms with Crippen molar-refractivity contribution in [3.8, 4) is 0 Å². The second-order valence-electron chi connectivity index (χ2n) is 4.94. The average molecular weight is 167 g/mol. The van der Waals surface area contributed by atoms with Gasteiger partial charge >= 0.3 is 0 Å². The molecule has 0 aromatic heterocycles. The van der Waals surface area contributed by atoms with Gasteiger partial charge in [-0.15, -0.1) is 0 Å². The van der Waals surface area contributed by atoms with Gasteiger partial charge in [-0.1, -0.05) is 0 Å². The molecule has 68 valence electrons. The lowest BCUT2D eigenvalue weighted by molar-refractivity contribution is 0.0897. The van der Waals surface area contributed by atoms with Crippen molar-refractivity contribution in [2.45, 2.75) is 56.3 Å². The van der Waals surface area contributed by atoms with Crippen molar-refractivity contribution in [1.82, 2.24) is 0 Å². The van der Waals surface area contributed by atoms with Gasteiger partial charge in [-0.25, -0.2) is 0 Å². The zero-order chi connectivity index (χ0) is 8.18. The van der Waals surface area contributed by atoms with Crippen LogP contribution in [0.25, 0.3) is 0 Å². The van der Waals surface area contributed by atoms with Crippen LogP contribution in [0.3, 0.4) is 0 Å². The number of hydrogen-bond acceptors (Lipinski definition) is 2. The molecule has 2 saturated heterocycles. The van der Waals surface area contributed by atoms with Gasteiger partial charge in [0.2, 0.25) is 0 Å². The zero-order valence-corrected chi connectivity index (χ0v) is 7.46. The maximum Gasteiger partial charge on any atom is 0.0609 e. The van der Waals surface area contributed by atoms with E-state index in [1.807, 2.05) is 0 Å². The standard InChI is InChI=1S/C10H17NO/c11-10(3-4-10)6-7-5-8-1-2-9(7)12-8/h7-9H,1-6,11H2. The highest BCUT2D eigenvalue weighted by Crippen LogP contribution is 2.47. The first-order chi connectivity index (χ1) is 5.75. The Hall–Kier alpha value is -0.0800. The molecular formula is C10H17NO. The van der Waals surface area contributed by atoms with Crippen LogP contribution in [0.5, 0.6) is 0 Å². The molecule has 2 aliphatic heterocycles. The maximum atomic E-state index is 6.10. The van der Waals surface area contributed by atoms with E-state index in [1.54, 1.807) is 0 Å². The van der Waals surface area contributed by atoms with E-state index in [1.165, 1.54) is 38.5 Å². The van der Waals surface area contributed by atoms with Crippen LogP contribution >= 0.6 is 0 Å². The smallest absolute Gasteiger partial charge is 0.0609 e. The van der Waals surface area contributed by atoms with Crippen molar-refractivity contribution in [2.24, 2.45) is 11.7 Å². The predicted octanol–water partition coefficient (Wildman–Crippen LogP) is 1.44. The van der Waals surface area contributed by atoms with Gasteiger partial charge in [0.05, 0.1) is 12.2 Å². The van der Waals surface area contributed by atoms with E-state index >= 15 is 0 Å². The van der Waals surface area contributed by atoms with Crippen LogP contribution in [0.2, 0.25) is 0 Å². The first-order valence-electron chi connectivity index (χ1n) is 5.20. The van der Waals surface area contributed by atoms with Gasteiger partial charge in [0.25, 0.3) is 0 Å². The van der Waals surface area contributed by atoms with Crippen LogP contribution in [0.4, 0.5) is 0 Å². The Labute approximate surface area is 73.5 Å². The second-order valence-corrected chi connectivity index (χ2v) is 4.94. The van der Waals surface area contributed by atoms with Crippen molar-refractivity contribution in [3.05, 3.63) is 0 Å². The van der Waals surface area contributed by atoms with Crippen LogP contribution in [0.1, 0.15) is 38.5 Å². The summed E-state index contributed by atoms with van der Waals surface area (Å²) in [6, 6.07) is 0. The summed E-state index contributed by atoms with van der Waals surface area (Å²) in [7, 11) is 0. The molecule has 2 heteroatoms. The first-order valence-corrected chi connectivity index (χ1v) is 5.20. The molecule has 3 unspecified atom stereocenters. The van der Waals surface area contributed by atoms with Crippen molar-refractivity contribution >= 4 is 0 Å². The molecule has 2 nitrogen and oxygen atoms in total. The Morgan fingerprint density at radius 3 is 2.67 bits per heavy atom. The third-order valence-electron chi connectivity index (χ3n) is 3.79. The second kappa shape index (κ2) is 2.24. The minimum Gasteiger partial charge on any atom is -0.375 e. The summed E-state index contributed by atoms with van der Waals surface area (Å²) in [4.78, 5) is 0. The number of ether oxygens (including phenoxy) is 1. The van der Waals surface area contributed by atoms with Crippen LogP contribution in [0.15, 0.2) is 0 Å². The topological polar surface area (TPSA) is 35.2 Å². The van der Waals surface area contributed by atoms with Crippen LogP contribution < -0.4 is 5.73 Å². The van der Waals surface area contributed by atoms with E-state index in [4.69, 9.17) is 10.5 Å². The Balaban J connectivity index is 1.64. The van der Waals surface area contributed by atoms with Crippen molar-refractivity contribution in [1.29, 1.82) is 0 Å². The van der Waals surface area contributed by atoms with Gasteiger partial charge in [0.1, 0.15) is 0 Å². The third kappa shape index (κ3) is 1.09. The summed E-state index contributed by atoms with van der Waals surface area (Å²) >= 11 is 0. The molecule has 1 saturated carbocycles. The third-order valence-corrected chi connectivity index (χ3v) is 3.79. The quantitative estimate of drug-likeness (QED) is 0.675. The average Bonchev–Trinajstić information content (AvgIpc) is 2.48. The molecule has 0 amide bonds. The first kappa shape index (κ1) is 7.34. The normalized spacial score (nSPS) is 48.2. The Bertz CT molecular complexity index is 200. The summed E-state index contributed by atoms with van der Waals surface area (Å²) < 4.78 is 5.80. The molecule has 0 aromatic carbocycles. The Kier molecular flexibility index (Phi) is 1.37. The van der Waals surface area contributed by atoms with Crippen LogP contribution in [-0.4, -0.2) is 17.7 Å². The van der Waals surface area contributed by atoms with Gasteiger partial charge in [-0.3, -0.25) is 0 Å². The minimum absolute atomic E-state index is 0.235. The Morgan fingerprint density at radius 1 is 1.33 bits per heavy atom. The molecule has 0 spiro atoms. The Morgan fingerprint density at radius 2 is 2.17 bits per heavy atom. The van der Waals surface area contributed by atoms with Crippen LogP contribution in [0, 0.1) is 5.92 Å². The van der Waals surface area contributed by atoms with Crippen molar-refractivity contribution in [2.75, 3.05) is 0 Å². The highest BCUT2D eigenvalue weighted by atomic mass is 16.5. The van der Waals surface area contributed by atoms with E-state index in [2.05, 4.69) is 0 Å². The van der Waals surface area contributed by atoms with Crippen molar-refractivity contribution < 1.29 is 4.74 Å². The molecule has 3 atom stereocenters. The molecule has 2 heterocycles. The summed E-state index contributed by atoms with van der Waals surface area (Å²) in [6.45, 7) is 0. The van der Waals surface area contributed by atoms with Crippen LogP contribution in [-0.2, 0) is 4.74 Å². The lowest BCUT2D eigenvalue weighted by atomic mass is 9.84. The number of fused-ring (bicyclic) bond motifs is 2. The fourth-order valence-corrected chi connectivity index (χ4v) is 2.84. The monoisotopic (exact) mass is 167 g/mol. The molecule has 12 heavy (non-hydrogen) atoms. The van der Waals surface area contributed by atoms with E-state index in [9.17, 15) is 0 Å². The van der Waals surface area contributed by atoms with E-state index < -0.39 is 0 Å². The molecule has 3 fully saturated rings. The number of rotatable bonds is 2. The fraction of sp³-hybridized carbons (Fsp3) is 1.00. The van der Waals surface area contributed by atoms with Gasteiger partial charge < -0.3 is 10.5 Å². The van der Waals surface area contributed by atoms with E-state index in [0.29, 0.717) is 12.2 Å². The molecule has 1 aliphatic carbocycles. The van der Waals surface area contributed by atoms with E-state index in [-0.39, 0.29) is 5.54 Å². The lowest BCUT2D eigenvalue weighted by Gasteiger charge is -2.21. The van der Waals surface area contributed by atoms with Crippen molar-refractivity contribution in [3.63, 3.8) is 0 Å². The van der Waals surface area contributed by atoms with Gasteiger partial charge in [0.15, 0.2) is 0 Å². The largest absolute Gasteiger partial charge is 0.375 e. The summed E-state index contributed by atoms with van der Waals surface area (Å²) in [5, 5.41) is 0. The summed E-state index contributed by atoms with van der Waals surface area (Å²) in [5.74, 6) is 0.802. The lowest BCUT2D eigenvalue weighted by Crippen LogP contribution is -2.29. The molecular weight excluding hydrogens is 150 g/mol. The molecule has 3 aliphatic rings. The molecule has 0 radical (unpaired) electrons. The fourth-order valence-electron chi connectivity index (χ4n) is 2.84. The summed E-state index contributed by atoms with van der Waals surface area (Å²) in [6.07, 6.45) is 8.81. The maximum absolute atomic E-state index is 6.10. The van der Waals surface area contributed by atoms with Gasteiger partial charge in [-0.05, 0) is 44.4 Å². The molecule has 0 aromatic rings. The molecule has 2 bridgehead atoms. The van der Waals surface area contributed by atoms with E-state index in [0.717, 1.165) is 5.92 Å². The predicted molar refractivity (Wildman–Crippen MR) is 46.8 cm³/mol. The SMILES string of the molecule is NC1(CC2CC3CCC2O3)CC1. The number of nitrogens with two attached hydrogens (primary N) is 1. The highest BCUT2D eigenvalue weighted by molar-refractivity contribution is 5.03. The minimum atomic E-state index is 0.235. The zero-order valence-electron chi connectivity index (χ0n) is 7.46. The highest BCUT2D eigenvalue weighted by Gasteiger charge is 2.47. The van der Waals surface area contributed by atoms with Gasteiger partial charge in [0, 0.05) is 5.54 Å².